The molecule has 0 bridgehead atoms. The van der Waals surface area contributed by atoms with Gasteiger partial charge in [0, 0.05) is 45.3 Å². The van der Waals surface area contributed by atoms with Crippen LogP contribution in [0.5, 0.6) is 0 Å². The topological polar surface area (TPSA) is 66.1 Å². The van der Waals surface area contributed by atoms with Gasteiger partial charge in [-0.25, -0.2) is 0 Å². The van der Waals surface area contributed by atoms with E-state index in [0.717, 1.165) is 64.9 Å². The zero-order chi connectivity index (χ0) is 15.6. The Labute approximate surface area is 135 Å². The van der Waals surface area contributed by atoms with Gasteiger partial charge in [-0.15, -0.1) is 0 Å². The van der Waals surface area contributed by atoms with Crippen molar-refractivity contribution < 1.29 is 4.74 Å². The van der Waals surface area contributed by atoms with E-state index in [9.17, 15) is 0 Å². The minimum absolute atomic E-state index is 0.585. The van der Waals surface area contributed by atoms with E-state index in [1.165, 1.54) is 25.7 Å². The quantitative estimate of drug-likeness (QED) is 0.388. The number of aliphatic imine (C=N–C) groups is 1. The lowest BCUT2D eigenvalue weighted by molar-refractivity contribution is 0.0377. The lowest BCUT2D eigenvalue weighted by Crippen LogP contribution is -2.40. The zero-order valence-electron chi connectivity index (χ0n) is 14.1. The first kappa shape index (κ1) is 17.5. The van der Waals surface area contributed by atoms with Gasteiger partial charge in [-0.1, -0.05) is 12.8 Å². The summed E-state index contributed by atoms with van der Waals surface area (Å²) >= 11 is 0. The third-order valence-corrected chi connectivity index (χ3v) is 4.74. The molecule has 1 saturated heterocycles. The van der Waals surface area contributed by atoms with Gasteiger partial charge in [0.1, 0.15) is 0 Å². The first-order chi connectivity index (χ1) is 10.8. The maximum atomic E-state index is 5.92. The molecule has 2 rings (SSSR count). The van der Waals surface area contributed by atoms with Crippen LogP contribution in [0.25, 0.3) is 0 Å². The Kier molecular flexibility index (Phi) is 7.98. The van der Waals surface area contributed by atoms with Crippen LogP contribution in [0, 0.1) is 0 Å². The third kappa shape index (κ3) is 6.50. The molecule has 0 radical (unpaired) electrons. The van der Waals surface area contributed by atoms with Gasteiger partial charge in [0.2, 0.25) is 0 Å². The molecule has 0 unspecified atom stereocenters. The highest BCUT2D eigenvalue weighted by molar-refractivity contribution is 5.77. The molecule has 6 heteroatoms. The van der Waals surface area contributed by atoms with Crippen molar-refractivity contribution in [2.24, 2.45) is 10.7 Å². The molecule has 1 aliphatic carbocycles. The Morgan fingerprint density at radius 1 is 1.32 bits per heavy atom. The maximum Gasteiger partial charge on any atom is 0.188 e. The van der Waals surface area contributed by atoms with Gasteiger partial charge in [0.15, 0.2) is 5.96 Å². The predicted molar refractivity (Wildman–Crippen MR) is 91.3 cm³/mol. The molecule has 6 nitrogen and oxygen atoms in total. The smallest absolute Gasteiger partial charge is 0.188 e. The number of likely N-dealkylation sites (N-methyl/N-ethyl adjacent to an activating group) is 1. The summed E-state index contributed by atoms with van der Waals surface area (Å²) in [4.78, 5) is 9.29. The van der Waals surface area contributed by atoms with Gasteiger partial charge in [-0.3, -0.25) is 9.89 Å². The summed E-state index contributed by atoms with van der Waals surface area (Å²) in [6, 6.07) is 0.772. The lowest BCUT2D eigenvalue weighted by atomic mass is 10.2. The molecule has 0 aromatic rings. The molecule has 128 valence electrons. The fourth-order valence-corrected chi connectivity index (χ4v) is 3.26. The predicted octanol–water partition coefficient (Wildman–Crippen LogP) is 0.487. The Bertz CT molecular complexity index is 324. The first-order valence-electron chi connectivity index (χ1n) is 8.80. The van der Waals surface area contributed by atoms with E-state index in [4.69, 9.17) is 10.5 Å². The lowest BCUT2D eigenvalue weighted by Gasteiger charge is -2.26. The average molecular weight is 311 g/mol. The van der Waals surface area contributed by atoms with E-state index < -0.39 is 0 Å². The van der Waals surface area contributed by atoms with E-state index in [0.29, 0.717) is 5.96 Å². The van der Waals surface area contributed by atoms with E-state index in [1.54, 1.807) is 0 Å². The van der Waals surface area contributed by atoms with Crippen molar-refractivity contribution in [1.82, 2.24) is 15.1 Å². The van der Waals surface area contributed by atoms with Crippen molar-refractivity contribution in [1.29, 1.82) is 0 Å². The van der Waals surface area contributed by atoms with Crippen molar-refractivity contribution in [2.75, 3.05) is 59.5 Å². The molecule has 3 N–H and O–H groups in total. The Balaban J connectivity index is 1.49. The van der Waals surface area contributed by atoms with Crippen molar-refractivity contribution >= 4 is 5.96 Å². The Morgan fingerprint density at radius 2 is 2.05 bits per heavy atom. The molecule has 22 heavy (non-hydrogen) atoms. The van der Waals surface area contributed by atoms with Crippen LogP contribution in [0.15, 0.2) is 4.99 Å². The second-order valence-electron chi connectivity index (χ2n) is 6.42. The van der Waals surface area contributed by atoms with Crippen LogP contribution >= 0.6 is 0 Å². The molecule has 0 aromatic heterocycles. The highest BCUT2D eigenvalue weighted by Gasteiger charge is 2.18. The number of guanidine groups is 1. The second-order valence-corrected chi connectivity index (χ2v) is 6.42. The van der Waals surface area contributed by atoms with Crippen LogP contribution in [0.1, 0.15) is 32.1 Å². The van der Waals surface area contributed by atoms with Crippen LogP contribution < -0.4 is 11.1 Å². The summed E-state index contributed by atoms with van der Waals surface area (Å²) in [5.41, 5.74) is 5.92. The molecule has 2 fully saturated rings. The van der Waals surface area contributed by atoms with Crippen molar-refractivity contribution in [3.63, 3.8) is 0 Å². The standard InChI is InChI=1S/C16H33N5O/c1-20(15-5-2-3-6-15)10-8-19-16(17)18-7-4-9-21-11-13-22-14-12-21/h15H,2-14H2,1H3,(H3,17,18,19). The van der Waals surface area contributed by atoms with Gasteiger partial charge in [0.05, 0.1) is 13.2 Å². The number of rotatable bonds is 8. The van der Waals surface area contributed by atoms with Gasteiger partial charge in [-0.05, 0) is 26.3 Å². The van der Waals surface area contributed by atoms with Crippen molar-refractivity contribution in [3.05, 3.63) is 0 Å². The van der Waals surface area contributed by atoms with E-state index >= 15 is 0 Å². The second kappa shape index (κ2) is 10.0. The molecule has 1 heterocycles. The van der Waals surface area contributed by atoms with Crippen molar-refractivity contribution in [3.8, 4) is 0 Å². The maximum absolute atomic E-state index is 5.92. The zero-order valence-corrected chi connectivity index (χ0v) is 14.1. The summed E-state index contributed by atoms with van der Waals surface area (Å²) < 4.78 is 5.34. The number of nitrogens with one attached hydrogen (secondary N) is 1. The molecule has 0 atom stereocenters. The molecule has 0 aromatic carbocycles. The summed E-state index contributed by atoms with van der Waals surface area (Å²) in [5, 5.41) is 3.23. The highest BCUT2D eigenvalue weighted by Crippen LogP contribution is 2.21. The van der Waals surface area contributed by atoms with E-state index in [2.05, 4.69) is 27.2 Å². The van der Waals surface area contributed by atoms with Gasteiger partial charge in [0.25, 0.3) is 0 Å². The van der Waals surface area contributed by atoms with Crippen molar-refractivity contribution in [2.45, 2.75) is 38.1 Å². The van der Waals surface area contributed by atoms with E-state index in [-0.39, 0.29) is 0 Å². The normalized spacial score (nSPS) is 21.6. The van der Waals surface area contributed by atoms with E-state index in [1.807, 2.05) is 0 Å². The van der Waals surface area contributed by atoms with Gasteiger partial charge >= 0.3 is 0 Å². The average Bonchev–Trinajstić information content (AvgIpc) is 3.07. The highest BCUT2D eigenvalue weighted by atomic mass is 16.5. The molecule has 0 spiro atoms. The largest absolute Gasteiger partial charge is 0.379 e. The van der Waals surface area contributed by atoms with Gasteiger partial charge < -0.3 is 20.7 Å². The Hall–Kier alpha value is -0.850. The fraction of sp³-hybridized carbons (Fsp3) is 0.938. The number of hydrogen-bond acceptors (Lipinski definition) is 4. The number of morpholine rings is 1. The molecular weight excluding hydrogens is 278 g/mol. The molecule has 0 amide bonds. The van der Waals surface area contributed by atoms with Crippen LogP contribution in [-0.4, -0.2) is 81.3 Å². The van der Waals surface area contributed by atoms with Crippen LogP contribution in [-0.2, 0) is 4.74 Å². The Morgan fingerprint density at radius 3 is 2.77 bits per heavy atom. The number of nitrogens with two attached hydrogens (primary N) is 1. The number of hydrogen-bond donors (Lipinski definition) is 2. The molecular formula is C16H33N5O. The number of ether oxygens (including phenoxy) is 1. The molecule has 1 saturated carbocycles. The molecule has 2 aliphatic rings. The minimum Gasteiger partial charge on any atom is -0.379 e. The fourth-order valence-electron chi connectivity index (χ4n) is 3.26. The van der Waals surface area contributed by atoms with Crippen LogP contribution in [0.3, 0.4) is 0 Å². The first-order valence-corrected chi connectivity index (χ1v) is 8.80. The third-order valence-electron chi connectivity index (χ3n) is 4.74. The number of nitrogens with zero attached hydrogens (tertiary/aromatic N) is 3. The minimum atomic E-state index is 0.585. The SMILES string of the molecule is CN(CCNC(N)=NCCCN1CCOCC1)C1CCCC1. The summed E-state index contributed by atoms with van der Waals surface area (Å²) in [5.74, 6) is 0.585. The van der Waals surface area contributed by atoms with Crippen LogP contribution in [0.2, 0.25) is 0 Å². The summed E-state index contributed by atoms with van der Waals surface area (Å²) in [6.07, 6.45) is 6.53. The summed E-state index contributed by atoms with van der Waals surface area (Å²) in [6.45, 7) is 7.62. The van der Waals surface area contributed by atoms with Crippen LogP contribution in [0.4, 0.5) is 0 Å². The molecule has 1 aliphatic heterocycles. The monoisotopic (exact) mass is 311 g/mol. The van der Waals surface area contributed by atoms with Gasteiger partial charge in [-0.2, -0.15) is 0 Å². The summed E-state index contributed by atoms with van der Waals surface area (Å²) in [7, 11) is 2.22.